The number of hydrogen-bond acceptors (Lipinski definition) is 8. The average Bonchev–Trinajstić information content (AvgIpc) is 2.45. The zero-order valence-corrected chi connectivity index (χ0v) is 10.1. The fourth-order valence-electron chi connectivity index (χ4n) is 1.26. The van der Waals surface area contributed by atoms with Crippen molar-refractivity contribution in [2.45, 2.75) is 24.9 Å². The minimum absolute atomic E-state index is 0.116. The predicted octanol–water partition coefficient (Wildman–Crippen LogP) is -3.07. The summed E-state index contributed by atoms with van der Waals surface area (Å²) in [6.45, 7) is 0. The van der Waals surface area contributed by atoms with E-state index in [-0.39, 0.29) is 5.23 Å². The molecule has 0 aromatic heterocycles. The minimum Gasteiger partial charge on any atom is -0.368 e. The number of rotatable bonds is 4. The maximum Gasteiger partial charge on any atom is 0.353 e. The quantitative estimate of drug-likeness (QED) is 0.487. The first-order valence-electron chi connectivity index (χ1n) is 5.33. The van der Waals surface area contributed by atoms with E-state index in [1.54, 1.807) is 0 Å². The van der Waals surface area contributed by atoms with E-state index in [4.69, 9.17) is 11.5 Å². The monoisotopic (exact) mass is 274 g/mol. The van der Waals surface area contributed by atoms with Crippen LogP contribution in [-0.4, -0.2) is 48.1 Å². The molecule has 10 heteroatoms. The standard InChI is InChI=1S/C9H14N4O6/c1-12-5(8(11)16)3-6(14)13-18-7(15)2-4(10)9(17)19-13/h4-5,12H,2-3,10H2,1H3,(H2,11,16). The van der Waals surface area contributed by atoms with E-state index in [1.807, 2.05) is 0 Å². The Morgan fingerprint density at radius 1 is 1.47 bits per heavy atom. The number of likely N-dealkylation sites (N-methyl/N-ethyl adjacent to an activating group) is 1. The third-order valence-corrected chi connectivity index (χ3v) is 2.32. The van der Waals surface area contributed by atoms with Crippen LogP contribution in [0.15, 0.2) is 0 Å². The fourth-order valence-corrected chi connectivity index (χ4v) is 1.26. The molecule has 1 aliphatic heterocycles. The number of hydrogen-bond donors (Lipinski definition) is 3. The lowest BCUT2D eigenvalue weighted by molar-refractivity contribution is -0.301. The summed E-state index contributed by atoms with van der Waals surface area (Å²) in [5, 5.41) is 2.61. The van der Waals surface area contributed by atoms with Gasteiger partial charge in [0.05, 0.1) is 18.9 Å². The Morgan fingerprint density at radius 3 is 2.63 bits per heavy atom. The van der Waals surface area contributed by atoms with Crippen LogP contribution in [0.1, 0.15) is 12.8 Å². The smallest absolute Gasteiger partial charge is 0.353 e. The van der Waals surface area contributed by atoms with Crippen molar-refractivity contribution in [3.8, 4) is 0 Å². The highest BCUT2D eigenvalue weighted by Gasteiger charge is 2.34. The van der Waals surface area contributed by atoms with Gasteiger partial charge in [0.15, 0.2) is 0 Å². The van der Waals surface area contributed by atoms with Gasteiger partial charge in [-0.25, -0.2) is 9.59 Å². The molecule has 0 spiro atoms. The average molecular weight is 274 g/mol. The number of primary amides is 1. The van der Waals surface area contributed by atoms with E-state index in [9.17, 15) is 19.2 Å². The first-order valence-corrected chi connectivity index (χ1v) is 5.33. The fraction of sp³-hybridized carbons (Fsp3) is 0.556. The van der Waals surface area contributed by atoms with Gasteiger partial charge in [0, 0.05) is 5.23 Å². The zero-order valence-electron chi connectivity index (χ0n) is 10.1. The van der Waals surface area contributed by atoms with Crippen molar-refractivity contribution in [2.75, 3.05) is 7.05 Å². The molecular weight excluding hydrogens is 260 g/mol. The second-order valence-electron chi connectivity index (χ2n) is 3.78. The van der Waals surface area contributed by atoms with Gasteiger partial charge in [-0.2, -0.15) is 0 Å². The van der Waals surface area contributed by atoms with Crippen LogP contribution in [-0.2, 0) is 28.9 Å². The molecule has 0 saturated carbocycles. The van der Waals surface area contributed by atoms with Crippen molar-refractivity contribution in [1.29, 1.82) is 0 Å². The molecule has 19 heavy (non-hydrogen) atoms. The van der Waals surface area contributed by atoms with E-state index in [0.717, 1.165) is 0 Å². The van der Waals surface area contributed by atoms with Gasteiger partial charge in [0.2, 0.25) is 5.91 Å². The molecule has 0 radical (unpaired) electrons. The number of carbonyl (C=O) groups is 4. The summed E-state index contributed by atoms with van der Waals surface area (Å²) in [6, 6.07) is -2.19. The predicted molar refractivity (Wildman–Crippen MR) is 58.3 cm³/mol. The van der Waals surface area contributed by atoms with E-state index in [2.05, 4.69) is 15.0 Å². The first kappa shape index (κ1) is 14.9. The Morgan fingerprint density at radius 2 is 2.11 bits per heavy atom. The lowest BCUT2D eigenvalue weighted by Gasteiger charge is -2.18. The number of nitrogens with one attached hydrogen (secondary N) is 1. The molecule has 1 aliphatic rings. The number of amides is 2. The molecule has 1 rings (SSSR count). The largest absolute Gasteiger partial charge is 0.368 e. The van der Waals surface area contributed by atoms with E-state index in [0.29, 0.717) is 0 Å². The van der Waals surface area contributed by atoms with Crippen molar-refractivity contribution >= 4 is 23.8 Å². The van der Waals surface area contributed by atoms with Crippen LogP contribution in [0.5, 0.6) is 0 Å². The van der Waals surface area contributed by atoms with Crippen LogP contribution in [0.2, 0.25) is 0 Å². The Labute approximate surface area is 107 Å². The van der Waals surface area contributed by atoms with Crippen molar-refractivity contribution in [3.05, 3.63) is 0 Å². The molecule has 0 aliphatic carbocycles. The summed E-state index contributed by atoms with van der Waals surface area (Å²) >= 11 is 0. The summed E-state index contributed by atoms with van der Waals surface area (Å²) in [4.78, 5) is 54.1. The molecule has 0 bridgehead atoms. The maximum absolute atomic E-state index is 11.7. The van der Waals surface area contributed by atoms with Gasteiger partial charge >= 0.3 is 11.9 Å². The Bertz CT molecular complexity index is 412. The Balaban J connectivity index is 2.72. The minimum atomic E-state index is -1.21. The molecule has 106 valence electrons. The lowest BCUT2D eigenvalue weighted by atomic mass is 10.2. The van der Waals surface area contributed by atoms with Crippen LogP contribution < -0.4 is 16.8 Å². The summed E-state index contributed by atoms with van der Waals surface area (Å²) in [7, 11) is 1.42. The van der Waals surface area contributed by atoms with Crippen molar-refractivity contribution in [1.82, 2.24) is 10.5 Å². The van der Waals surface area contributed by atoms with Gasteiger partial charge in [0.1, 0.15) is 6.04 Å². The molecule has 2 atom stereocenters. The van der Waals surface area contributed by atoms with Gasteiger partial charge in [-0.05, 0) is 7.05 Å². The molecule has 0 aromatic carbocycles. The van der Waals surface area contributed by atoms with E-state index >= 15 is 0 Å². The van der Waals surface area contributed by atoms with Gasteiger partial charge in [0.25, 0.3) is 5.91 Å². The molecule has 1 saturated heterocycles. The van der Waals surface area contributed by atoms with Crippen molar-refractivity contribution in [3.63, 3.8) is 0 Å². The molecule has 10 nitrogen and oxygen atoms in total. The molecule has 1 fully saturated rings. The summed E-state index contributed by atoms with van der Waals surface area (Å²) < 4.78 is 0. The topological polar surface area (TPSA) is 154 Å². The Hall–Kier alpha value is -2.20. The molecule has 5 N–H and O–H groups in total. The molecule has 2 amide bonds. The number of nitrogens with zero attached hydrogens (tertiary/aromatic N) is 1. The van der Waals surface area contributed by atoms with Crippen LogP contribution in [0.3, 0.4) is 0 Å². The maximum atomic E-state index is 11.7. The van der Waals surface area contributed by atoms with E-state index < -0.39 is 48.7 Å². The second kappa shape index (κ2) is 6.11. The van der Waals surface area contributed by atoms with Gasteiger partial charge < -0.3 is 26.5 Å². The number of nitrogens with two attached hydrogens (primary N) is 2. The lowest BCUT2D eigenvalue weighted by Crippen LogP contribution is -2.45. The third-order valence-electron chi connectivity index (χ3n) is 2.32. The molecule has 0 aromatic rings. The van der Waals surface area contributed by atoms with Gasteiger partial charge in [-0.1, -0.05) is 0 Å². The van der Waals surface area contributed by atoms with Crippen LogP contribution >= 0.6 is 0 Å². The highest BCUT2D eigenvalue weighted by atomic mass is 17.0. The highest BCUT2D eigenvalue weighted by Crippen LogP contribution is 2.09. The molecule has 2 unspecified atom stereocenters. The van der Waals surface area contributed by atoms with E-state index in [1.165, 1.54) is 7.05 Å². The highest BCUT2D eigenvalue weighted by molar-refractivity contribution is 5.89. The third kappa shape index (κ3) is 3.89. The Kier molecular flexibility index (Phi) is 4.78. The summed E-state index contributed by atoms with van der Waals surface area (Å²) in [6.07, 6.45) is -0.852. The van der Waals surface area contributed by atoms with Crippen molar-refractivity contribution < 1.29 is 28.9 Å². The van der Waals surface area contributed by atoms with Gasteiger partial charge in [-0.15, -0.1) is 0 Å². The number of carbonyl (C=O) groups excluding carboxylic acids is 4. The molecular formula is C9H14N4O6. The normalized spacial score (nSPS) is 21.2. The summed E-state index contributed by atoms with van der Waals surface area (Å²) in [5.41, 5.74) is 10.3. The number of hydroxylamine groups is 2. The molecule has 1 heterocycles. The second-order valence-corrected chi connectivity index (χ2v) is 3.78. The van der Waals surface area contributed by atoms with Crippen molar-refractivity contribution in [2.24, 2.45) is 11.5 Å². The van der Waals surface area contributed by atoms with Crippen LogP contribution in [0, 0.1) is 0 Å². The van der Waals surface area contributed by atoms with Gasteiger partial charge in [-0.3, -0.25) is 9.59 Å². The SMILES string of the molecule is CNC(CC(=O)N1OC(=O)CC(N)C(=O)O1)C(N)=O. The summed E-state index contributed by atoms with van der Waals surface area (Å²) in [5.74, 6) is -3.58. The first-order chi connectivity index (χ1) is 8.85. The van der Waals surface area contributed by atoms with Crippen LogP contribution in [0.4, 0.5) is 0 Å². The van der Waals surface area contributed by atoms with Crippen LogP contribution in [0.25, 0.3) is 0 Å². The zero-order chi connectivity index (χ0) is 14.6.